The van der Waals surface area contributed by atoms with Crippen molar-refractivity contribution in [2.75, 3.05) is 30.4 Å². The first kappa shape index (κ1) is 13.2. The Hall–Kier alpha value is -1.22. The number of hydrogen-bond acceptors (Lipinski definition) is 3. The molecule has 0 bridgehead atoms. The monoisotopic (exact) mass is 248 g/mol. The Kier molecular flexibility index (Phi) is 3.81. The maximum absolute atomic E-state index is 10.0. The molecular formula is C15H24N2O. The molecule has 1 fully saturated rings. The van der Waals surface area contributed by atoms with Gasteiger partial charge in [0.1, 0.15) is 0 Å². The second-order valence-corrected chi connectivity index (χ2v) is 5.71. The molecule has 2 rings (SSSR count). The Labute approximate surface area is 110 Å². The van der Waals surface area contributed by atoms with Crippen molar-refractivity contribution in [3.05, 3.63) is 24.3 Å². The Morgan fingerprint density at radius 3 is 2.17 bits per heavy atom. The largest absolute Gasteiger partial charge is 0.390 e. The number of aliphatic hydroxyl groups is 1. The Morgan fingerprint density at radius 1 is 1.17 bits per heavy atom. The Balaban J connectivity index is 1.96. The van der Waals surface area contributed by atoms with Crippen molar-refractivity contribution >= 4 is 11.4 Å². The number of hydrogen-bond donors (Lipinski definition) is 2. The van der Waals surface area contributed by atoms with Crippen LogP contribution in [0.1, 0.15) is 26.7 Å². The average molecular weight is 248 g/mol. The molecule has 0 radical (unpaired) electrons. The van der Waals surface area contributed by atoms with Crippen molar-refractivity contribution in [1.29, 1.82) is 0 Å². The predicted molar refractivity (Wildman–Crippen MR) is 77.2 cm³/mol. The molecule has 3 nitrogen and oxygen atoms in total. The van der Waals surface area contributed by atoms with Gasteiger partial charge in [0, 0.05) is 31.5 Å². The van der Waals surface area contributed by atoms with E-state index < -0.39 is 5.60 Å². The minimum absolute atomic E-state index is 0.422. The lowest BCUT2D eigenvalue weighted by molar-refractivity contribution is 0.00652. The van der Waals surface area contributed by atoms with E-state index in [1.807, 2.05) is 20.9 Å². The van der Waals surface area contributed by atoms with Gasteiger partial charge >= 0.3 is 0 Å². The fraction of sp³-hybridized carbons (Fsp3) is 0.600. The van der Waals surface area contributed by atoms with Gasteiger partial charge in [0.15, 0.2) is 0 Å². The molecule has 0 aromatic heterocycles. The molecule has 0 atom stereocenters. The van der Waals surface area contributed by atoms with Crippen molar-refractivity contribution in [1.82, 2.24) is 0 Å². The second kappa shape index (κ2) is 5.19. The van der Waals surface area contributed by atoms with Gasteiger partial charge in [0.05, 0.1) is 5.60 Å². The number of nitrogens with one attached hydrogen (secondary N) is 1. The molecule has 3 heteroatoms. The molecule has 0 unspecified atom stereocenters. The first-order valence-corrected chi connectivity index (χ1v) is 6.76. The van der Waals surface area contributed by atoms with Crippen LogP contribution in [0.25, 0.3) is 0 Å². The van der Waals surface area contributed by atoms with Gasteiger partial charge in [0.25, 0.3) is 0 Å². The third-order valence-electron chi connectivity index (χ3n) is 4.02. The fourth-order valence-corrected chi connectivity index (χ4v) is 2.68. The van der Waals surface area contributed by atoms with Gasteiger partial charge in [-0.15, -0.1) is 0 Å². The van der Waals surface area contributed by atoms with Crippen molar-refractivity contribution < 1.29 is 5.11 Å². The van der Waals surface area contributed by atoms with E-state index in [1.165, 1.54) is 5.69 Å². The zero-order valence-corrected chi connectivity index (χ0v) is 11.6. The summed E-state index contributed by atoms with van der Waals surface area (Å²) in [6, 6.07) is 8.54. The summed E-state index contributed by atoms with van der Waals surface area (Å²) in [5, 5.41) is 13.2. The van der Waals surface area contributed by atoms with Gasteiger partial charge in [-0.3, -0.25) is 0 Å². The predicted octanol–water partition coefficient (Wildman–Crippen LogP) is 2.72. The number of benzene rings is 1. The fourth-order valence-electron chi connectivity index (χ4n) is 2.68. The van der Waals surface area contributed by atoms with Crippen LogP contribution in [0.15, 0.2) is 24.3 Å². The van der Waals surface area contributed by atoms with Crippen molar-refractivity contribution in [3.8, 4) is 0 Å². The van der Waals surface area contributed by atoms with E-state index in [1.54, 1.807) is 0 Å². The van der Waals surface area contributed by atoms with Crippen LogP contribution in [0.2, 0.25) is 0 Å². The van der Waals surface area contributed by atoms with Crippen LogP contribution >= 0.6 is 0 Å². The molecule has 1 aromatic carbocycles. The van der Waals surface area contributed by atoms with Gasteiger partial charge < -0.3 is 15.3 Å². The van der Waals surface area contributed by atoms with Crippen molar-refractivity contribution in [2.24, 2.45) is 5.92 Å². The van der Waals surface area contributed by atoms with E-state index in [4.69, 9.17) is 0 Å². The summed E-state index contributed by atoms with van der Waals surface area (Å²) < 4.78 is 0. The first-order valence-electron chi connectivity index (χ1n) is 6.76. The van der Waals surface area contributed by atoms with Crippen LogP contribution in [0, 0.1) is 5.92 Å². The van der Waals surface area contributed by atoms with Gasteiger partial charge in [-0.05, 0) is 56.9 Å². The standard InChI is InChI=1S/C15H24N2O/c1-15(2,18)12-8-10-17(11-9-12)14-6-4-13(16-3)5-7-14/h4-7,12,16,18H,8-11H2,1-3H3. The molecular weight excluding hydrogens is 224 g/mol. The van der Waals surface area contributed by atoms with Crippen LogP contribution in [0.4, 0.5) is 11.4 Å². The lowest BCUT2D eigenvalue weighted by Gasteiger charge is -2.38. The van der Waals surface area contributed by atoms with E-state index in [-0.39, 0.29) is 0 Å². The highest BCUT2D eigenvalue weighted by atomic mass is 16.3. The Morgan fingerprint density at radius 2 is 1.72 bits per heavy atom. The molecule has 1 aromatic rings. The minimum atomic E-state index is -0.540. The molecule has 100 valence electrons. The highest BCUT2D eigenvalue weighted by molar-refractivity contribution is 5.55. The number of nitrogens with zero attached hydrogens (tertiary/aromatic N) is 1. The quantitative estimate of drug-likeness (QED) is 0.863. The molecule has 1 saturated heterocycles. The smallest absolute Gasteiger partial charge is 0.0621 e. The van der Waals surface area contributed by atoms with E-state index >= 15 is 0 Å². The molecule has 18 heavy (non-hydrogen) atoms. The number of piperidine rings is 1. The summed E-state index contributed by atoms with van der Waals surface area (Å²) >= 11 is 0. The summed E-state index contributed by atoms with van der Waals surface area (Å²) in [7, 11) is 1.93. The maximum atomic E-state index is 10.0. The molecule has 1 heterocycles. The highest BCUT2D eigenvalue weighted by Crippen LogP contribution is 2.30. The van der Waals surface area contributed by atoms with Gasteiger partial charge in [-0.25, -0.2) is 0 Å². The molecule has 0 aliphatic carbocycles. The van der Waals surface area contributed by atoms with Gasteiger partial charge in [0.2, 0.25) is 0 Å². The molecule has 0 spiro atoms. The molecule has 0 amide bonds. The minimum Gasteiger partial charge on any atom is -0.390 e. The van der Waals surface area contributed by atoms with Crippen molar-refractivity contribution in [3.63, 3.8) is 0 Å². The summed E-state index contributed by atoms with van der Waals surface area (Å²) in [6.07, 6.45) is 2.13. The van der Waals surface area contributed by atoms with Crippen molar-refractivity contribution in [2.45, 2.75) is 32.3 Å². The molecule has 1 aliphatic heterocycles. The van der Waals surface area contributed by atoms with Crippen LogP contribution in [0.3, 0.4) is 0 Å². The Bertz CT molecular complexity index is 372. The number of rotatable bonds is 3. The summed E-state index contributed by atoms with van der Waals surface area (Å²) in [6.45, 7) is 5.92. The average Bonchev–Trinajstić information content (AvgIpc) is 2.38. The van der Waals surface area contributed by atoms with Gasteiger partial charge in [-0.2, -0.15) is 0 Å². The number of anilines is 2. The topological polar surface area (TPSA) is 35.5 Å². The lowest BCUT2D eigenvalue weighted by Crippen LogP contribution is -2.41. The third-order valence-corrected chi connectivity index (χ3v) is 4.02. The van der Waals surface area contributed by atoms with Crippen LogP contribution in [-0.4, -0.2) is 30.8 Å². The third kappa shape index (κ3) is 2.96. The van der Waals surface area contributed by atoms with E-state index in [0.717, 1.165) is 31.6 Å². The lowest BCUT2D eigenvalue weighted by atomic mass is 9.83. The van der Waals surface area contributed by atoms with E-state index in [2.05, 4.69) is 34.5 Å². The summed E-state index contributed by atoms with van der Waals surface area (Å²) in [4.78, 5) is 2.40. The molecule has 0 saturated carbocycles. The highest BCUT2D eigenvalue weighted by Gasteiger charge is 2.30. The zero-order chi connectivity index (χ0) is 13.2. The zero-order valence-electron chi connectivity index (χ0n) is 11.6. The van der Waals surface area contributed by atoms with E-state index in [9.17, 15) is 5.11 Å². The molecule has 2 N–H and O–H groups in total. The summed E-state index contributed by atoms with van der Waals surface area (Å²) in [5.74, 6) is 0.422. The van der Waals surface area contributed by atoms with Crippen LogP contribution in [0.5, 0.6) is 0 Å². The van der Waals surface area contributed by atoms with Crippen LogP contribution in [-0.2, 0) is 0 Å². The normalized spacial score (nSPS) is 17.9. The second-order valence-electron chi connectivity index (χ2n) is 5.71. The summed E-state index contributed by atoms with van der Waals surface area (Å²) in [5.41, 5.74) is 1.88. The van der Waals surface area contributed by atoms with Crippen LogP contribution < -0.4 is 10.2 Å². The van der Waals surface area contributed by atoms with Gasteiger partial charge in [-0.1, -0.05) is 0 Å². The first-order chi connectivity index (χ1) is 8.50. The van der Waals surface area contributed by atoms with E-state index in [0.29, 0.717) is 5.92 Å². The molecule has 1 aliphatic rings. The SMILES string of the molecule is CNc1ccc(N2CCC(C(C)(C)O)CC2)cc1. The maximum Gasteiger partial charge on any atom is 0.0621 e.